The van der Waals surface area contributed by atoms with Gasteiger partial charge in [-0.25, -0.2) is 4.98 Å². The number of aromatic nitrogens is 4. The zero-order valence-electron chi connectivity index (χ0n) is 25.2. The number of benzene rings is 6. The van der Waals surface area contributed by atoms with Crippen LogP contribution in [-0.2, 0) is 0 Å². The molecule has 0 aliphatic carbocycles. The van der Waals surface area contributed by atoms with Gasteiger partial charge in [0.05, 0.1) is 16.7 Å². The van der Waals surface area contributed by atoms with E-state index in [0.29, 0.717) is 17.0 Å². The molecule has 7 heteroatoms. The molecule has 4 aromatic heterocycles. The molecular formula is C41H22F2N4O. The van der Waals surface area contributed by atoms with E-state index in [0.717, 1.165) is 71.4 Å². The van der Waals surface area contributed by atoms with E-state index in [1.165, 1.54) is 12.1 Å². The average molecular weight is 625 g/mol. The molecule has 0 amide bonds. The summed E-state index contributed by atoms with van der Waals surface area (Å²) in [5.74, 6) is -1.22. The van der Waals surface area contributed by atoms with Crippen LogP contribution in [0.3, 0.4) is 0 Å². The Morgan fingerprint density at radius 1 is 0.542 bits per heavy atom. The smallest absolute Gasteiger partial charge is 0.307 e. The SMILES string of the molecule is Fc1ccc(-c2c3ccccc3c(-c3ccc4c(c3)oc3nc5c6ccccc6nc(-c6ccccc6)c5n34)c3ccccc23)c(F)n1. The molecule has 0 unspecified atom stereocenters. The minimum Gasteiger partial charge on any atom is -0.423 e. The van der Waals surface area contributed by atoms with Crippen LogP contribution >= 0.6 is 0 Å². The summed E-state index contributed by atoms with van der Waals surface area (Å²) in [6, 6.07) is 42.8. The lowest BCUT2D eigenvalue weighted by Crippen LogP contribution is -1.96. The van der Waals surface area contributed by atoms with Crippen LogP contribution in [0, 0.1) is 11.9 Å². The topological polar surface area (TPSA) is 56.2 Å². The number of imidazole rings is 1. The zero-order valence-corrected chi connectivity index (χ0v) is 25.2. The molecule has 0 aliphatic heterocycles. The number of pyridine rings is 2. The number of halogens is 2. The number of hydrogen-bond donors (Lipinski definition) is 0. The van der Waals surface area contributed by atoms with Gasteiger partial charge in [-0.15, -0.1) is 0 Å². The fraction of sp³-hybridized carbons (Fsp3) is 0. The third kappa shape index (κ3) is 3.78. The van der Waals surface area contributed by atoms with Gasteiger partial charge in [0.2, 0.25) is 11.9 Å². The van der Waals surface area contributed by atoms with Gasteiger partial charge >= 0.3 is 5.84 Å². The Morgan fingerprint density at radius 3 is 1.90 bits per heavy atom. The van der Waals surface area contributed by atoms with Crippen molar-refractivity contribution in [1.29, 1.82) is 0 Å². The van der Waals surface area contributed by atoms with Gasteiger partial charge in [-0.1, -0.05) is 103 Å². The standard InChI is InChI=1S/C41H22F2N4O/c42-34-21-19-30(40(43)45-34)36-27-14-6-4-12-25(27)35(26-13-5-7-15-28(26)36)24-18-20-32-33(22-24)48-41-46-38-29-16-8-9-17-31(29)44-37(39(38)47(32)41)23-10-2-1-3-11-23/h1-22H. The highest BCUT2D eigenvalue weighted by molar-refractivity contribution is 6.21. The van der Waals surface area contributed by atoms with Crippen LogP contribution in [-0.4, -0.2) is 19.4 Å². The summed E-state index contributed by atoms with van der Waals surface area (Å²) in [5.41, 5.74) is 8.81. The first-order chi connectivity index (χ1) is 23.6. The van der Waals surface area contributed by atoms with Crippen molar-refractivity contribution in [2.45, 2.75) is 0 Å². The zero-order chi connectivity index (χ0) is 31.9. The molecule has 0 bridgehead atoms. The van der Waals surface area contributed by atoms with E-state index in [1.54, 1.807) is 0 Å². The van der Waals surface area contributed by atoms with Crippen LogP contribution in [0.4, 0.5) is 8.78 Å². The van der Waals surface area contributed by atoms with Crippen molar-refractivity contribution in [3.05, 3.63) is 145 Å². The lowest BCUT2D eigenvalue weighted by Gasteiger charge is -2.17. The molecule has 0 radical (unpaired) electrons. The predicted octanol–water partition coefficient (Wildman–Crippen LogP) is 10.8. The van der Waals surface area contributed by atoms with Crippen LogP contribution < -0.4 is 0 Å². The van der Waals surface area contributed by atoms with E-state index in [-0.39, 0.29) is 5.56 Å². The maximum atomic E-state index is 15.2. The van der Waals surface area contributed by atoms with E-state index in [2.05, 4.69) is 33.7 Å². The second kappa shape index (κ2) is 10.0. The van der Waals surface area contributed by atoms with Crippen LogP contribution in [0.5, 0.6) is 0 Å². The summed E-state index contributed by atoms with van der Waals surface area (Å²) in [7, 11) is 0. The molecule has 6 aromatic carbocycles. The van der Waals surface area contributed by atoms with Crippen molar-refractivity contribution >= 4 is 60.4 Å². The van der Waals surface area contributed by atoms with E-state index in [4.69, 9.17) is 14.4 Å². The van der Waals surface area contributed by atoms with Crippen molar-refractivity contribution in [1.82, 2.24) is 19.4 Å². The molecule has 10 aromatic rings. The van der Waals surface area contributed by atoms with Crippen molar-refractivity contribution in [2.75, 3.05) is 0 Å². The summed E-state index contributed by atoms with van der Waals surface area (Å²) in [6.07, 6.45) is 0. The monoisotopic (exact) mass is 624 g/mol. The highest BCUT2D eigenvalue weighted by Gasteiger charge is 2.23. The molecule has 0 saturated carbocycles. The summed E-state index contributed by atoms with van der Waals surface area (Å²) >= 11 is 0. The average Bonchev–Trinajstić information content (AvgIpc) is 3.67. The maximum absolute atomic E-state index is 15.2. The highest BCUT2D eigenvalue weighted by Crippen LogP contribution is 2.45. The molecule has 10 rings (SSSR count). The molecule has 0 aliphatic rings. The molecule has 0 N–H and O–H groups in total. The molecule has 0 saturated heterocycles. The lowest BCUT2D eigenvalue weighted by molar-refractivity contribution is 0.515. The van der Waals surface area contributed by atoms with Gasteiger partial charge in [0.25, 0.3) is 0 Å². The van der Waals surface area contributed by atoms with Gasteiger partial charge in [0.15, 0.2) is 5.58 Å². The second-order valence-electron chi connectivity index (χ2n) is 11.9. The number of hydrogen-bond acceptors (Lipinski definition) is 4. The molecule has 4 heterocycles. The third-order valence-corrected chi connectivity index (χ3v) is 9.22. The van der Waals surface area contributed by atoms with Crippen molar-refractivity contribution in [3.63, 3.8) is 0 Å². The molecular weight excluding hydrogens is 602 g/mol. The Labute approximate surface area is 271 Å². The second-order valence-corrected chi connectivity index (χ2v) is 11.9. The predicted molar refractivity (Wildman–Crippen MR) is 187 cm³/mol. The van der Waals surface area contributed by atoms with Gasteiger partial charge in [-0.2, -0.15) is 18.7 Å². The van der Waals surface area contributed by atoms with Crippen molar-refractivity contribution in [2.24, 2.45) is 0 Å². The minimum absolute atomic E-state index is 0.250. The molecule has 48 heavy (non-hydrogen) atoms. The summed E-state index contributed by atoms with van der Waals surface area (Å²) < 4.78 is 37.6. The number of fused-ring (bicyclic) bond motifs is 9. The third-order valence-electron chi connectivity index (χ3n) is 9.22. The Bertz CT molecular complexity index is 2870. The Balaban J connectivity index is 1.26. The van der Waals surface area contributed by atoms with Gasteiger partial charge < -0.3 is 4.42 Å². The van der Waals surface area contributed by atoms with E-state index in [9.17, 15) is 4.39 Å². The number of rotatable bonds is 3. The molecule has 226 valence electrons. The largest absolute Gasteiger partial charge is 0.423 e. The first-order valence-corrected chi connectivity index (χ1v) is 15.6. The quantitative estimate of drug-likeness (QED) is 0.145. The van der Waals surface area contributed by atoms with E-state index in [1.807, 2.05) is 97.1 Å². The Hall–Kier alpha value is -6.47. The Morgan fingerprint density at radius 2 is 1.19 bits per heavy atom. The fourth-order valence-electron chi connectivity index (χ4n) is 7.20. The molecule has 5 nitrogen and oxygen atoms in total. The number of para-hydroxylation sites is 1. The fourth-order valence-corrected chi connectivity index (χ4v) is 7.20. The van der Waals surface area contributed by atoms with Gasteiger partial charge in [0, 0.05) is 22.1 Å². The normalized spacial score (nSPS) is 12.0. The van der Waals surface area contributed by atoms with Gasteiger partial charge in [0.1, 0.15) is 11.0 Å². The molecule has 0 spiro atoms. The maximum Gasteiger partial charge on any atom is 0.307 e. The van der Waals surface area contributed by atoms with Gasteiger partial charge in [-0.3, -0.25) is 4.40 Å². The first kappa shape index (κ1) is 26.7. The Kier molecular flexibility index (Phi) is 5.57. The summed E-state index contributed by atoms with van der Waals surface area (Å²) in [5, 5.41) is 4.49. The van der Waals surface area contributed by atoms with Crippen molar-refractivity contribution < 1.29 is 13.2 Å². The van der Waals surface area contributed by atoms with Crippen molar-refractivity contribution in [3.8, 4) is 33.5 Å². The highest BCUT2D eigenvalue weighted by atomic mass is 19.1. The van der Waals surface area contributed by atoms with E-state index >= 15 is 4.39 Å². The molecule has 0 fully saturated rings. The minimum atomic E-state index is -0.854. The summed E-state index contributed by atoms with van der Waals surface area (Å²) in [4.78, 5) is 13.6. The van der Waals surface area contributed by atoms with Crippen LogP contribution in [0.15, 0.2) is 138 Å². The summed E-state index contributed by atoms with van der Waals surface area (Å²) in [6.45, 7) is 0. The van der Waals surface area contributed by atoms with E-state index < -0.39 is 11.9 Å². The van der Waals surface area contributed by atoms with Gasteiger partial charge in [-0.05, 0) is 63.0 Å². The molecule has 0 atom stereocenters. The number of nitrogens with zero attached hydrogens (tertiary/aromatic N) is 4. The van der Waals surface area contributed by atoms with Crippen LogP contribution in [0.1, 0.15) is 0 Å². The first-order valence-electron chi connectivity index (χ1n) is 15.6. The van der Waals surface area contributed by atoms with Crippen LogP contribution in [0.25, 0.3) is 93.9 Å². The number of oxazole rings is 1. The van der Waals surface area contributed by atoms with Crippen LogP contribution in [0.2, 0.25) is 0 Å². The lowest BCUT2D eigenvalue weighted by atomic mass is 9.86.